The van der Waals surface area contributed by atoms with E-state index in [0.717, 1.165) is 48.3 Å². The van der Waals surface area contributed by atoms with Gasteiger partial charge < -0.3 is 4.90 Å². The Bertz CT molecular complexity index is 542. The molecule has 0 saturated carbocycles. The normalized spacial score (nSPS) is 17.1. The van der Waals surface area contributed by atoms with Gasteiger partial charge in [0, 0.05) is 30.5 Å². The molecule has 0 spiro atoms. The Morgan fingerprint density at radius 3 is 2.63 bits per heavy atom. The van der Waals surface area contributed by atoms with Crippen LogP contribution in [0.15, 0.2) is 0 Å². The molecule has 0 atom stereocenters. The molecule has 102 valence electrons. The van der Waals surface area contributed by atoms with E-state index in [1.165, 1.54) is 16.5 Å². The van der Waals surface area contributed by atoms with Gasteiger partial charge in [-0.3, -0.25) is 0 Å². The molecule has 5 nitrogen and oxygen atoms in total. The molecule has 1 saturated heterocycles. The third-order valence-corrected chi connectivity index (χ3v) is 5.51. The van der Waals surface area contributed by atoms with Gasteiger partial charge in [-0.15, -0.1) is 21.5 Å². The van der Waals surface area contributed by atoms with Crippen LogP contribution in [0.25, 0.3) is 0 Å². The van der Waals surface area contributed by atoms with Gasteiger partial charge in [0.05, 0.1) is 0 Å². The molecule has 0 bridgehead atoms. The molecule has 0 unspecified atom stereocenters. The summed E-state index contributed by atoms with van der Waals surface area (Å²) in [7, 11) is 0. The third-order valence-electron chi connectivity index (χ3n) is 3.42. The summed E-state index contributed by atoms with van der Waals surface area (Å²) >= 11 is 3.27. The summed E-state index contributed by atoms with van der Waals surface area (Å²) in [4.78, 5) is 6.79. The molecule has 1 aliphatic rings. The Kier molecular flexibility index (Phi) is 3.74. The summed E-state index contributed by atoms with van der Waals surface area (Å²) in [6.07, 6.45) is 3.26. The van der Waals surface area contributed by atoms with E-state index in [1.807, 2.05) is 6.92 Å². The second kappa shape index (κ2) is 5.50. The monoisotopic (exact) mass is 295 g/mol. The van der Waals surface area contributed by atoms with Crippen molar-refractivity contribution < 1.29 is 0 Å². The minimum Gasteiger partial charge on any atom is -0.347 e. The van der Waals surface area contributed by atoms with E-state index >= 15 is 0 Å². The van der Waals surface area contributed by atoms with Crippen molar-refractivity contribution in [1.29, 1.82) is 0 Å². The number of aromatic nitrogens is 4. The molecule has 2 aromatic heterocycles. The summed E-state index contributed by atoms with van der Waals surface area (Å²) < 4.78 is 4.25. The second-order valence-electron chi connectivity index (χ2n) is 4.77. The van der Waals surface area contributed by atoms with E-state index in [4.69, 9.17) is 0 Å². The summed E-state index contributed by atoms with van der Waals surface area (Å²) in [5.74, 6) is 1.45. The van der Waals surface area contributed by atoms with Gasteiger partial charge in [0.1, 0.15) is 15.8 Å². The minimum absolute atomic E-state index is 0.572. The molecule has 2 aromatic rings. The van der Waals surface area contributed by atoms with Crippen molar-refractivity contribution in [3.05, 3.63) is 15.8 Å². The van der Waals surface area contributed by atoms with Crippen LogP contribution in [0.3, 0.4) is 0 Å². The molecule has 0 aliphatic carbocycles. The fourth-order valence-electron chi connectivity index (χ4n) is 2.31. The van der Waals surface area contributed by atoms with Gasteiger partial charge in [0.15, 0.2) is 0 Å². The summed E-state index contributed by atoms with van der Waals surface area (Å²) in [5.41, 5.74) is 0. The third kappa shape index (κ3) is 2.76. The molecule has 0 N–H and O–H groups in total. The first-order chi connectivity index (χ1) is 9.26. The van der Waals surface area contributed by atoms with Crippen molar-refractivity contribution in [2.24, 2.45) is 0 Å². The zero-order chi connectivity index (χ0) is 13.2. The molecular formula is C12H17N5S2. The van der Waals surface area contributed by atoms with Gasteiger partial charge >= 0.3 is 0 Å². The standard InChI is InChI=1S/C12H17N5S2/c1-3-10-14-15-11(18-10)9-4-6-17(7-5-9)12-13-8(2)16-19-12/h9H,3-7H2,1-2H3. The first-order valence-corrected chi connectivity index (χ1v) is 8.22. The van der Waals surface area contributed by atoms with E-state index in [2.05, 4.69) is 31.4 Å². The van der Waals surface area contributed by atoms with Gasteiger partial charge in [0.25, 0.3) is 0 Å². The molecule has 0 radical (unpaired) electrons. The summed E-state index contributed by atoms with van der Waals surface area (Å²) in [5, 5.41) is 12.0. The predicted molar refractivity (Wildman–Crippen MR) is 78.1 cm³/mol. The number of hydrogen-bond donors (Lipinski definition) is 0. The van der Waals surface area contributed by atoms with Crippen molar-refractivity contribution >= 4 is 28.0 Å². The van der Waals surface area contributed by atoms with Crippen molar-refractivity contribution in [3.63, 3.8) is 0 Å². The quantitative estimate of drug-likeness (QED) is 0.871. The summed E-state index contributed by atoms with van der Waals surface area (Å²) in [6, 6.07) is 0. The lowest BCUT2D eigenvalue weighted by atomic mass is 9.98. The van der Waals surface area contributed by atoms with Gasteiger partial charge in [-0.2, -0.15) is 4.37 Å². The highest BCUT2D eigenvalue weighted by Crippen LogP contribution is 2.32. The topological polar surface area (TPSA) is 54.8 Å². The number of piperidine rings is 1. The number of hydrogen-bond acceptors (Lipinski definition) is 7. The number of anilines is 1. The predicted octanol–water partition coefficient (Wildman–Crippen LogP) is 2.64. The van der Waals surface area contributed by atoms with Crippen LogP contribution in [-0.2, 0) is 6.42 Å². The molecule has 1 aliphatic heterocycles. The fourth-order valence-corrected chi connectivity index (χ4v) is 3.98. The van der Waals surface area contributed by atoms with Crippen molar-refractivity contribution in [2.75, 3.05) is 18.0 Å². The highest BCUT2D eigenvalue weighted by Gasteiger charge is 2.25. The lowest BCUT2D eigenvalue weighted by Gasteiger charge is -2.30. The molecule has 0 aromatic carbocycles. The Hall–Kier alpha value is -1.08. The first kappa shape index (κ1) is 12.9. The highest BCUT2D eigenvalue weighted by molar-refractivity contribution is 7.11. The van der Waals surface area contributed by atoms with Crippen LogP contribution in [0.1, 0.15) is 41.5 Å². The number of aryl methyl sites for hydroxylation is 2. The second-order valence-corrected chi connectivity index (χ2v) is 6.60. The molecule has 19 heavy (non-hydrogen) atoms. The zero-order valence-corrected chi connectivity index (χ0v) is 12.8. The van der Waals surface area contributed by atoms with Crippen molar-refractivity contribution in [3.8, 4) is 0 Å². The summed E-state index contributed by atoms with van der Waals surface area (Å²) in [6.45, 7) is 6.16. The van der Waals surface area contributed by atoms with E-state index in [-0.39, 0.29) is 0 Å². The maximum atomic E-state index is 4.46. The van der Waals surface area contributed by atoms with Crippen LogP contribution in [0.2, 0.25) is 0 Å². The van der Waals surface area contributed by atoms with Crippen LogP contribution >= 0.6 is 22.9 Å². The number of nitrogens with zero attached hydrogens (tertiary/aromatic N) is 5. The Balaban J connectivity index is 1.63. The molecule has 0 amide bonds. The highest BCUT2D eigenvalue weighted by atomic mass is 32.1. The average Bonchev–Trinajstić information content (AvgIpc) is 3.07. The zero-order valence-electron chi connectivity index (χ0n) is 11.2. The van der Waals surface area contributed by atoms with Crippen LogP contribution in [0.5, 0.6) is 0 Å². The Morgan fingerprint density at radius 1 is 1.26 bits per heavy atom. The van der Waals surface area contributed by atoms with Gasteiger partial charge in [-0.05, 0) is 26.2 Å². The molecule has 3 rings (SSSR count). The molecule has 1 fully saturated rings. The Labute approximate surface area is 120 Å². The van der Waals surface area contributed by atoms with Gasteiger partial charge in [-0.25, -0.2) is 4.98 Å². The van der Waals surface area contributed by atoms with Crippen LogP contribution < -0.4 is 4.90 Å². The molecule has 7 heteroatoms. The Morgan fingerprint density at radius 2 is 2.05 bits per heavy atom. The maximum absolute atomic E-state index is 4.46. The van der Waals surface area contributed by atoms with Crippen molar-refractivity contribution in [1.82, 2.24) is 19.6 Å². The van der Waals surface area contributed by atoms with Crippen molar-refractivity contribution in [2.45, 2.75) is 39.0 Å². The van der Waals surface area contributed by atoms with E-state index in [1.54, 1.807) is 11.3 Å². The largest absolute Gasteiger partial charge is 0.347 e. The van der Waals surface area contributed by atoms with Crippen LogP contribution in [-0.4, -0.2) is 32.6 Å². The van der Waals surface area contributed by atoms with Gasteiger partial charge in [-0.1, -0.05) is 6.92 Å². The first-order valence-electron chi connectivity index (χ1n) is 6.63. The maximum Gasteiger partial charge on any atom is 0.205 e. The molecule has 3 heterocycles. The van der Waals surface area contributed by atoms with Crippen LogP contribution in [0, 0.1) is 6.92 Å². The smallest absolute Gasteiger partial charge is 0.205 e. The van der Waals surface area contributed by atoms with E-state index < -0.39 is 0 Å². The lowest BCUT2D eigenvalue weighted by molar-refractivity contribution is 0.500. The van der Waals surface area contributed by atoms with E-state index in [9.17, 15) is 0 Å². The van der Waals surface area contributed by atoms with E-state index in [0.29, 0.717) is 5.92 Å². The van der Waals surface area contributed by atoms with Gasteiger partial charge in [0.2, 0.25) is 5.13 Å². The SMILES string of the molecule is CCc1nnc(C2CCN(c3nc(C)ns3)CC2)s1. The molecular weight excluding hydrogens is 278 g/mol. The number of rotatable bonds is 3. The minimum atomic E-state index is 0.572. The van der Waals surface area contributed by atoms with Crippen LogP contribution in [0.4, 0.5) is 5.13 Å². The average molecular weight is 295 g/mol. The fraction of sp³-hybridized carbons (Fsp3) is 0.667. The lowest BCUT2D eigenvalue weighted by Crippen LogP contribution is -2.32.